The molecule has 4 rings (SSSR count). The van der Waals surface area contributed by atoms with Gasteiger partial charge in [0.15, 0.2) is 11.6 Å². The highest BCUT2D eigenvalue weighted by atomic mass is 16.4. The Morgan fingerprint density at radius 2 is 2.13 bits per heavy atom. The first-order valence-corrected chi connectivity index (χ1v) is 8.15. The Kier molecular flexibility index (Phi) is 3.08. The van der Waals surface area contributed by atoms with E-state index in [1.807, 2.05) is 11.8 Å². The van der Waals surface area contributed by atoms with E-state index in [4.69, 9.17) is 8.83 Å². The van der Waals surface area contributed by atoms with Gasteiger partial charge in [0, 0.05) is 19.9 Å². The van der Waals surface area contributed by atoms with E-state index in [1.54, 1.807) is 13.8 Å². The largest absolute Gasteiger partial charge is 0.445 e. The fourth-order valence-corrected chi connectivity index (χ4v) is 3.92. The molecular weight excluding hydrogens is 296 g/mol. The number of carbonyl (C=O) groups excluding carboxylic acids is 1. The minimum atomic E-state index is -0.448. The van der Waals surface area contributed by atoms with Crippen LogP contribution in [0.15, 0.2) is 8.83 Å². The Bertz CT molecular complexity index is 765. The van der Waals surface area contributed by atoms with Gasteiger partial charge in [-0.15, -0.1) is 10.2 Å². The zero-order valence-corrected chi connectivity index (χ0v) is 13.6. The summed E-state index contributed by atoms with van der Waals surface area (Å²) < 4.78 is 11.3. The van der Waals surface area contributed by atoms with E-state index >= 15 is 0 Å². The summed E-state index contributed by atoms with van der Waals surface area (Å²) in [5.74, 6) is 2.57. The van der Waals surface area contributed by atoms with Crippen LogP contribution in [0.5, 0.6) is 0 Å². The lowest BCUT2D eigenvalue weighted by Crippen LogP contribution is -2.54. The van der Waals surface area contributed by atoms with Crippen LogP contribution >= 0.6 is 0 Å². The molecule has 2 aromatic heterocycles. The van der Waals surface area contributed by atoms with E-state index in [2.05, 4.69) is 15.2 Å². The Morgan fingerprint density at radius 3 is 2.70 bits per heavy atom. The molecular formula is C16H20N4O3. The molecule has 0 N–H and O–H groups in total. The van der Waals surface area contributed by atoms with Crippen molar-refractivity contribution >= 4 is 5.91 Å². The zero-order chi connectivity index (χ0) is 16.2. The van der Waals surface area contributed by atoms with Crippen molar-refractivity contribution in [3.05, 3.63) is 29.1 Å². The number of likely N-dealkylation sites (tertiary alicyclic amines) is 1. The Balaban J connectivity index is 1.72. The third kappa shape index (κ3) is 1.88. The van der Waals surface area contributed by atoms with Crippen LogP contribution in [0.1, 0.15) is 60.1 Å². The quantitative estimate of drug-likeness (QED) is 0.864. The number of oxazole rings is 1. The summed E-state index contributed by atoms with van der Waals surface area (Å²) in [7, 11) is 0. The zero-order valence-electron chi connectivity index (χ0n) is 13.6. The first-order chi connectivity index (χ1) is 11.1. The second-order valence-corrected chi connectivity index (χ2v) is 6.40. The topological polar surface area (TPSA) is 85.3 Å². The van der Waals surface area contributed by atoms with Gasteiger partial charge in [-0.1, -0.05) is 6.92 Å². The highest BCUT2D eigenvalue weighted by Gasteiger charge is 2.61. The summed E-state index contributed by atoms with van der Waals surface area (Å²) in [5.41, 5.74) is -0.0409. The van der Waals surface area contributed by atoms with Gasteiger partial charge < -0.3 is 13.7 Å². The van der Waals surface area contributed by atoms with Crippen molar-refractivity contribution in [2.45, 2.75) is 52.0 Å². The van der Waals surface area contributed by atoms with Crippen molar-refractivity contribution in [2.24, 2.45) is 5.92 Å². The highest BCUT2D eigenvalue weighted by Crippen LogP contribution is 2.56. The molecule has 0 bridgehead atoms. The molecule has 2 aliphatic rings. The lowest BCUT2D eigenvalue weighted by atomic mass is 9.67. The second-order valence-electron chi connectivity index (χ2n) is 6.40. The van der Waals surface area contributed by atoms with Gasteiger partial charge in [-0.05, 0) is 32.1 Å². The molecule has 2 aromatic rings. The Labute approximate surface area is 134 Å². The van der Waals surface area contributed by atoms with Crippen LogP contribution in [0.2, 0.25) is 0 Å². The van der Waals surface area contributed by atoms with Gasteiger partial charge in [-0.25, -0.2) is 4.98 Å². The van der Waals surface area contributed by atoms with Gasteiger partial charge in [0.25, 0.3) is 5.91 Å². The molecule has 23 heavy (non-hydrogen) atoms. The molecule has 0 radical (unpaired) electrons. The van der Waals surface area contributed by atoms with Crippen LogP contribution in [0.4, 0.5) is 0 Å². The van der Waals surface area contributed by atoms with Gasteiger partial charge in [0.2, 0.25) is 11.8 Å². The predicted octanol–water partition coefficient (Wildman–Crippen LogP) is 2.39. The number of aromatic nitrogens is 3. The predicted molar refractivity (Wildman–Crippen MR) is 79.7 cm³/mol. The smallest absolute Gasteiger partial charge is 0.277 e. The summed E-state index contributed by atoms with van der Waals surface area (Å²) in [6.07, 6.45) is 3.58. The minimum Gasteiger partial charge on any atom is -0.445 e. The van der Waals surface area contributed by atoms with Crippen LogP contribution in [-0.2, 0) is 12.0 Å². The fraction of sp³-hybridized carbons (Fsp3) is 0.625. The third-order valence-corrected chi connectivity index (χ3v) is 5.22. The van der Waals surface area contributed by atoms with E-state index in [-0.39, 0.29) is 5.91 Å². The van der Waals surface area contributed by atoms with Crippen LogP contribution in [0, 0.1) is 19.8 Å². The van der Waals surface area contributed by atoms with Crippen LogP contribution in [0.25, 0.3) is 0 Å². The van der Waals surface area contributed by atoms with Gasteiger partial charge in [-0.3, -0.25) is 4.79 Å². The van der Waals surface area contributed by atoms with Crippen molar-refractivity contribution in [1.29, 1.82) is 0 Å². The maximum Gasteiger partial charge on any atom is 0.277 e. The van der Waals surface area contributed by atoms with Crippen molar-refractivity contribution in [3.63, 3.8) is 0 Å². The molecule has 1 amide bonds. The van der Waals surface area contributed by atoms with Gasteiger partial charge >= 0.3 is 0 Å². The molecule has 3 heterocycles. The molecule has 0 spiro atoms. The summed E-state index contributed by atoms with van der Waals surface area (Å²) in [6.45, 7) is 6.22. The summed E-state index contributed by atoms with van der Waals surface area (Å²) in [4.78, 5) is 19.3. The van der Waals surface area contributed by atoms with Crippen molar-refractivity contribution < 1.29 is 13.6 Å². The van der Waals surface area contributed by atoms with Crippen LogP contribution in [0.3, 0.4) is 0 Å². The summed E-state index contributed by atoms with van der Waals surface area (Å²) >= 11 is 0. The number of amides is 1. The number of hydrogen-bond donors (Lipinski definition) is 0. The molecule has 1 aliphatic heterocycles. The van der Waals surface area contributed by atoms with Crippen LogP contribution in [-0.4, -0.2) is 32.5 Å². The van der Waals surface area contributed by atoms with Gasteiger partial charge in [-0.2, -0.15) is 0 Å². The normalized spacial score (nSPS) is 26.2. The maximum absolute atomic E-state index is 13.1. The average molecular weight is 316 g/mol. The second kappa shape index (κ2) is 4.91. The molecule has 1 saturated carbocycles. The maximum atomic E-state index is 13.1. The van der Waals surface area contributed by atoms with Crippen molar-refractivity contribution in [2.75, 3.05) is 6.54 Å². The van der Waals surface area contributed by atoms with Gasteiger partial charge in [0.05, 0.1) is 0 Å². The standard InChI is InChI=1S/C16H20N4O3/c1-4-12-17-13(9(2)22-12)14(21)20-8-6-11-5-7-16(11,20)15-19-18-10(3)23-15/h11H,4-8H2,1-3H3/t11-,16-/m0/s1. The van der Waals surface area contributed by atoms with Crippen LogP contribution < -0.4 is 0 Å². The molecule has 122 valence electrons. The van der Waals surface area contributed by atoms with Crippen molar-refractivity contribution in [3.8, 4) is 0 Å². The third-order valence-electron chi connectivity index (χ3n) is 5.22. The average Bonchev–Trinajstić information content (AvgIpc) is 3.16. The van der Waals surface area contributed by atoms with Gasteiger partial charge in [0.1, 0.15) is 11.3 Å². The van der Waals surface area contributed by atoms with E-state index in [9.17, 15) is 4.79 Å². The lowest BCUT2D eigenvalue weighted by molar-refractivity contribution is -0.00386. The number of hydrogen-bond acceptors (Lipinski definition) is 6. The number of fused-ring (bicyclic) bond motifs is 1. The lowest BCUT2D eigenvalue weighted by Gasteiger charge is -2.46. The molecule has 0 aromatic carbocycles. The number of carbonyl (C=O) groups is 1. The molecule has 1 aliphatic carbocycles. The Morgan fingerprint density at radius 1 is 1.30 bits per heavy atom. The minimum absolute atomic E-state index is 0.0935. The number of rotatable bonds is 3. The molecule has 0 unspecified atom stereocenters. The summed E-state index contributed by atoms with van der Waals surface area (Å²) in [5, 5.41) is 8.17. The van der Waals surface area contributed by atoms with Crippen molar-refractivity contribution in [1.82, 2.24) is 20.1 Å². The first kappa shape index (κ1) is 14.4. The monoisotopic (exact) mass is 316 g/mol. The summed E-state index contributed by atoms with van der Waals surface area (Å²) in [6, 6.07) is 0. The van der Waals surface area contributed by atoms with E-state index in [1.165, 1.54) is 0 Å². The fourth-order valence-electron chi connectivity index (χ4n) is 3.92. The number of aryl methyl sites for hydroxylation is 3. The SMILES string of the molecule is CCc1nc(C(=O)N2CC[C@@H]3CC[C@@]32c2nnc(C)o2)c(C)o1. The highest BCUT2D eigenvalue weighted by molar-refractivity contribution is 5.94. The molecule has 2 fully saturated rings. The molecule has 2 atom stereocenters. The van der Waals surface area contributed by atoms with E-state index in [0.29, 0.717) is 48.0 Å². The molecule has 1 saturated heterocycles. The first-order valence-electron chi connectivity index (χ1n) is 8.15. The Hall–Kier alpha value is -2.18. The molecule has 7 nitrogen and oxygen atoms in total. The molecule has 7 heteroatoms. The number of nitrogens with zero attached hydrogens (tertiary/aromatic N) is 4. The van der Waals surface area contributed by atoms with E-state index < -0.39 is 5.54 Å². The van der Waals surface area contributed by atoms with E-state index in [0.717, 1.165) is 19.3 Å².